The second-order valence-corrected chi connectivity index (χ2v) is 3.49. The van der Waals surface area contributed by atoms with Gasteiger partial charge in [-0.05, 0) is 0 Å². The molecule has 9 heteroatoms. The minimum atomic E-state index is -5.12. The fourth-order valence-electron chi connectivity index (χ4n) is 1.46. The van der Waals surface area contributed by atoms with Gasteiger partial charge in [-0.15, -0.1) is 0 Å². The smallest absolute Gasteiger partial charge is 0.417 e. The van der Waals surface area contributed by atoms with Crippen LogP contribution < -0.4 is 5.56 Å². The van der Waals surface area contributed by atoms with Crippen molar-refractivity contribution in [3.05, 3.63) is 33.2 Å². The van der Waals surface area contributed by atoms with E-state index in [9.17, 15) is 31.5 Å². The van der Waals surface area contributed by atoms with Crippen molar-refractivity contribution >= 4 is 5.97 Å². The predicted octanol–water partition coefficient (Wildman–Crippen LogP) is 2.05. The average molecular weight is 285 g/mol. The number of hydrogen-bond donors (Lipinski definition) is 1. The third kappa shape index (κ3) is 3.52. The first-order valence-corrected chi connectivity index (χ1v) is 4.85. The summed E-state index contributed by atoms with van der Waals surface area (Å²) in [5.74, 6) is -1.04. The van der Waals surface area contributed by atoms with Crippen LogP contribution in [0.4, 0.5) is 22.0 Å². The van der Waals surface area contributed by atoms with Gasteiger partial charge in [0, 0.05) is 11.8 Å². The summed E-state index contributed by atoms with van der Waals surface area (Å²) in [6, 6.07) is 0.0300. The van der Waals surface area contributed by atoms with E-state index in [-0.39, 0.29) is 6.07 Å². The van der Waals surface area contributed by atoms with Gasteiger partial charge in [-0.25, -0.2) is 8.78 Å². The monoisotopic (exact) mass is 285 g/mol. The molecule has 0 saturated carbocycles. The number of nitrogens with one attached hydrogen (secondary N) is 1. The third-order valence-electron chi connectivity index (χ3n) is 2.24. The lowest BCUT2D eigenvalue weighted by Gasteiger charge is -2.15. The lowest BCUT2D eigenvalue weighted by Crippen LogP contribution is -2.22. The van der Waals surface area contributed by atoms with Crippen LogP contribution in [0.2, 0.25) is 0 Å². The molecule has 0 unspecified atom stereocenters. The minimum Gasteiger partial charge on any atom is -0.469 e. The minimum absolute atomic E-state index is 0.0300. The van der Waals surface area contributed by atoms with Gasteiger partial charge < -0.3 is 9.72 Å². The molecule has 0 aromatic carbocycles. The van der Waals surface area contributed by atoms with E-state index in [0.717, 1.165) is 7.11 Å². The van der Waals surface area contributed by atoms with E-state index in [4.69, 9.17) is 0 Å². The van der Waals surface area contributed by atoms with Crippen molar-refractivity contribution in [3.8, 4) is 0 Å². The van der Waals surface area contributed by atoms with Gasteiger partial charge in [-0.2, -0.15) is 13.2 Å². The second-order valence-electron chi connectivity index (χ2n) is 3.49. The van der Waals surface area contributed by atoms with Gasteiger partial charge in [0.2, 0.25) is 5.56 Å². The Morgan fingerprint density at radius 3 is 2.42 bits per heavy atom. The standard InChI is InChI=1S/C10H8F5NO3/c1-19-7(18)3-5-8(9(11)12)4(10(13,14)15)2-6(17)16-5/h2,9H,3H2,1H3,(H,16,17). The summed E-state index contributed by atoms with van der Waals surface area (Å²) in [7, 11) is 0.941. The number of methoxy groups -OCH3 is 1. The van der Waals surface area contributed by atoms with Crippen LogP contribution in [0.5, 0.6) is 0 Å². The number of pyridine rings is 1. The Morgan fingerprint density at radius 1 is 1.42 bits per heavy atom. The number of rotatable bonds is 3. The Hall–Kier alpha value is -1.93. The molecule has 1 aromatic rings. The number of carbonyl (C=O) groups excluding carboxylic acids is 1. The highest BCUT2D eigenvalue weighted by Gasteiger charge is 2.38. The van der Waals surface area contributed by atoms with Crippen LogP contribution in [-0.4, -0.2) is 18.1 Å². The molecule has 106 valence electrons. The number of alkyl halides is 5. The van der Waals surface area contributed by atoms with Crippen molar-refractivity contribution in [1.29, 1.82) is 0 Å². The van der Waals surface area contributed by atoms with Gasteiger partial charge in [-0.3, -0.25) is 9.59 Å². The fourth-order valence-corrected chi connectivity index (χ4v) is 1.46. The molecule has 1 N–H and O–H groups in total. The summed E-state index contributed by atoms with van der Waals surface area (Å²) in [6.45, 7) is 0. The van der Waals surface area contributed by atoms with Gasteiger partial charge in [-0.1, -0.05) is 0 Å². The van der Waals surface area contributed by atoms with Crippen molar-refractivity contribution < 1.29 is 31.5 Å². The van der Waals surface area contributed by atoms with E-state index >= 15 is 0 Å². The summed E-state index contributed by atoms with van der Waals surface area (Å²) in [5.41, 5.74) is -5.21. The van der Waals surface area contributed by atoms with Crippen LogP contribution in [0.25, 0.3) is 0 Å². The number of ether oxygens (including phenoxy) is 1. The van der Waals surface area contributed by atoms with Crippen LogP contribution in [0, 0.1) is 0 Å². The summed E-state index contributed by atoms with van der Waals surface area (Å²) in [5, 5.41) is 0. The number of aromatic amines is 1. The van der Waals surface area contributed by atoms with E-state index in [1.165, 1.54) is 0 Å². The molecular weight excluding hydrogens is 277 g/mol. The largest absolute Gasteiger partial charge is 0.469 e. The van der Waals surface area contributed by atoms with E-state index in [2.05, 4.69) is 4.74 Å². The zero-order chi connectivity index (χ0) is 14.8. The van der Waals surface area contributed by atoms with Gasteiger partial charge in [0.1, 0.15) is 0 Å². The Bertz CT molecular complexity index is 535. The maximum Gasteiger partial charge on any atom is 0.417 e. The summed E-state index contributed by atoms with van der Waals surface area (Å²) in [4.78, 5) is 23.8. The molecule has 0 bridgehead atoms. The van der Waals surface area contributed by atoms with Gasteiger partial charge in [0.25, 0.3) is 6.43 Å². The predicted molar refractivity (Wildman–Crippen MR) is 52.7 cm³/mol. The van der Waals surface area contributed by atoms with Crippen LogP contribution >= 0.6 is 0 Å². The number of carbonyl (C=O) groups is 1. The van der Waals surface area contributed by atoms with E-state index in [1.54, 1.807) is 4.98 Å². The summed E-state index contributed by atoms with van der Waals surface area (Å²) >= 11 is 0. The molecule has 0 aliphatic heterocycles. The Balaban J connectivity index is 3.49. The maximum atomic E-state index is 12.7. The molecule has 0 radical (unpaired) electrons. The SMILES string of the molecule is COC(=O)Cc1[nH]c(=O)cc(C(F)(F)F)c1C(F)F. The van der Waals surface area contributed by atoms with Gasteiger partial charge in [0.05, 0.1) is 24.7 Å². The van der Waals surface area contributed by atoms with Crippen LogP contribution in [0.1, 0.15) is 23.2 Å². The van der Waals surface area contributed by atoms with E-state index in [1.807, 2.05) is 0 Å². The Labute approximate surface area is 103 Å². The highest BCUT2D eigenvalue weighted by atomic mass is 19.4. The van der Waals surface area contributed by atoms with Crippen LogP contribution in [0.15, 0.2) is 10.9 Å². The van der Waals surface area contributed by atoms with Crippen molar-refractivity contribution in [1.82, 2.24) is 4.98 Å². The highest BCUT2D eigenvalue weighted by Crippen LogP contribution is 2.36. The fraction of sp³-hybridized carbons (Fsp3) is 0.400. The Kier molecular flexibility index (Phi) is 4.28. The molecule has 0 aliphatic carbocycles. The molecule has 0 aliphatic rings. The number of halogens is 5. The summed E-state index contributed by atoms with van der Waals surface area (Å²) < 4.78 is 67.4. The Morgan fingerprint density at radius 2 is 2.00 bits per heavy atom. The lowest BCUT2D eigenvalue weighted by molar-refractivity contribution is -0.141. The van der Waals surface area contributed by atoms with E-state index in [0.29, 0.717) is 0 Å². The molecule has 0 saturated heterocycles. The normalized spacial score (nSPS) is 11.7. The quantitative estimate of drug-likeness (QED) is 0.683. The number of esters is 1. The molecule has 0 amide bonds. The molecule has 1 aromatic heterocycles. The first-order valence-electron chi connectivity index (χ1n) is 4.85. The zero-order valence-corrected chi connectivity index (χ0v) is 9.48. The van der Waals surface area contributed by atoms with Gasteiger partial charge >= 0.3 is 12.1 Å². The van der Waals surface area contributed by atoms with Crippen LogP contribution in [0.3, 0.4) is 0 Å². The van der Waals surface area contributed by atoms with Gasteiger partial charge in [0.15, 0.2) is 0 Å². The highest BCUT2D eigenvalue weighted by molar-refractivity contribution is 5.72. The van der Waals surface area contributed by atoms with Crippen molar-refractivity contribution in [2.24, 2.45) is 0 Å². The molecule has 19 heavy (non-hydrogen) atoms. The number of aromatic nitrogens is 1. The van der Waals surface area contributed by atoms with Crippen molar-refractivity contribution in [2.45, 2.75) is 19.0 Å². The van der Waals surface area contributed by atoms with E-state index < -0.39 is 47.4 Å². The molecular formula is C10H8F5NO3. The molecule has 1 rings (SSSR count). The third-order valence-corrected chi connectivity index (χ3v) is 2.24. The molecule has 0 spiro atoms. The number of H-pyrrole nitrogens is 1. The second kappa shape index (κ2) is 5.37. The molecule has 0 fully saturated rings. The summed E-state index contributed by atoms with van der Waals surface area (Å²) in [6.07, 6.45) is -9.49. The van der Waals surface area contributed by atoms with Crippen molar-refractivity contribution in [2.75, 3.05) is 7.11 Å². The number of hydrogen-bond acceptors (Lipinski definition) is 3. The van der Waals surface area contributed by atoms with Crippen LogP contribution in [-0.2, 0) is 22.1 Å². The first kappa shape index (κ1) is 15.1. The lowest BCUT2D eigenvalue weighted by atomic mass is 10.0. The topological polar surface area (TPSA) is 59.2 Å². The first-order chi connectivity index (χ1) is 8.66. The molecule has 1 heterocycles. The molecule has 4 nitrogen and oxygen atoms in total. The maximum absolute atomic E-state index is 12.7. The zero-order valence-electron chi connectivity index (χ0n) is 9.48. The van der Waals surface area contributed by atoms with Crippen molar-refractivity contribution in [3.63, 3.8) is 0 Å². The average Bonchev–Trinajstić information content (AvgIpc) is 2.26. The molecule has 0 atom stereocenters.